The van der Waals surface area contributed by atoms with Gasteiger partial charge in [-0.1, -0.05) is 328 Å². The molecule has 0 aromatic heterocycles. The molecule has 11 heteroatoms. The highest BCUT2D eigenvalue weighted by molar-refractivity contribution is 5.80. The van der Waals surface area contributed by atoms with Gasteiger partial charge in [-0.15, -0.1) is 0 Å². The number of aliphatic hydroxyl groups excluding tert-OH is 7. The summed E-state index contributed by atoms with van der Waals surface area (Å²) in [5.74, 6) is -0.698. The van der Waals surface area contributed by atoms with Crippen LogP contribution in [0.15, 0.2) is 12.2 Å². The van der Waals surface area contributed by atoms with Crippen molar-refractivity contribution in [2.75, 3.05) is 13.2 Å². The summed E-state index contributed by atoms with van der Waals surface area (Å²) in [6, 6.07) is -1.18. The molecule has 476 valence electrons. The Hall–Kier alpha value is -1.15. The molecule has 1 rings (SSSR count). The van der Waals surface area contributed by atoms with E-state index in [1.165, 1.54) is 276 Å². The van der Waals surface area contributed by atoms with Gasteiger partial charge in [0.25, 0.3) is 0 Å². The molecule has 0 bridgehead atoms. The second-order valence-corrected chi connectivity index (χ2v) is 25.0. The van der Waals surface area contributed by atoms with Crippen LogP contribution in [0.3, 0.4) is 0 Å². The zero-order valence-electron chi connectivity index (χ0n) is 52.6. The van der Waals surface area contributed by atoms with Crippen LogP contribution in [0.2, 0.25) is 0 Å². The van der Waals surface area contributed by atoms with Crippen LogP contribution in [-0.4, -0.2) is 110 Å². The smallest absolute Gasteiger partial charge is 0.249 e. The summed E-state index contributed by atoms with van der Waals surface area (Å²) in [4.78, 5) is 13.2. The molecule has 1 aliphatic heterocycles. The number of hydrogen-bond donors (Lipinski definition) is 8. The molecule has 8 N–H and O–H groups in total. The normalized spacial score (nSPS) is 19.2. The Balaban J connectivity index is 2.20. The summed E-state index contributed by atoms with van der Waals surface area (Å²) in [6.07, 6.45) is 60.2. The molecular weight excluding hydrogens is 1000 g/mol. The first kappa shape index (κ1) is 76.9. The second kappa shape index (κ2) is 58.2. The highest BCUT2D eigenvalue weighted by Gasteiger charge is 2.44. The molecule has 1 fully saturated rings. The van der Waals surface area contributed by atoms with E-state index in [0.29, 0.717) is 12.8 Å². The molecule has 1 saturated heterocycles. The first-order chi connectivity index (χ1) is 39.2. The van der Waals surface area contributed by atoms with E-state index >= 15 is 0 Å². The Morgan fingerprint density at radius 1 is 0.425 bits per heavy atom. The molecular formula is C69H135NO10. The van der Waals surface area contributed by atoms with Gasteiger partial charge in [-0.3, -0.25) is 4.79 Å². The van der Waals surface area contributed by atoms with E-state index in [2.05, 4.69) is 31.3 Å². The Morgan fingerprint density at radius 2 is 0.738 bits per heavy atom. The number of hydrogen-bond acceptors (Lipinski definition) is 10. The van der Waals surface area contributed by atoms with Crippen molar-refractivity contribution in [1.29, 1.82) is 0 Å². The van der Waals surface area contributed by atoms with E-state index in [9.17, 15) is 40.5 Å². The van der Waals surface area contributed by atoms with Gasteiger partial charge in [-0.25, -0.2) is 0 Å². The molecule has 0 spiro atoms. The predicted octanol–water partition coefficient (Wildman–Crippen LogP) is 16.6. The van der Waals surface area contributed by atoms with Crippen molar-refractivity contribution >= 4 is 5.91 Å². The molecule has 11 nitrogen and oxygen atoms in total. The number of rotatable bonds is 62. The molecule has 80 heavy (non-hydrogen) atoms. The molecule has 9 unspecified atom stereocenters. The maximum absolute atomic E-state index is 13.2. The van der Waals surface area contributed by atoms with Gasteiger partial charge in [0.15, 0.2) is 6.29 Å². The summed E-state index contributed by atoms with van der Waals surface area (Å²) in [5, 5.41) is 76.5. The highest BCUT2D eigenvalue weighted by Crippen LogP contribution is 2.24. The van der Waals surface area contributed by atoms with Crippen LogP contribution in [0, 0.1) is 0 Å². The van der Waals surface area contributed by atoms with Crippen LogP contribution in [0.5, 0.6) is 0 Å². The van der Waals surface area contributed by atoms with Crippen molar-refractivity contribution in [2.24, 2.45) is 0 Å². The van der Waals surface area contributed by atoms with Gasteiger partial charge in [0.2, 0.25) is 5.91 Å². The zero-order chi connectivity index (χ0) is 58.2. The van der Waals surface area contributed by atoms with Gasteiger partial charge in [-0.2, -0.15) is 0 Å². The highest BCUT2D eigenvalue weighted by atomic mass is 16.7. The lowest BCUT2D eigenvalue weighted by molar-refractivity contribution is -0.303. The molecule has 1 heterocycles. The van der Waals surface area contributed by atoms with Crippen molar-refractivity contribution in [3.8, 4) is 0 Å². The van der Waals surface area contributed by atoms with Crippen molar-refractivity contribution in [3.63, 3.8) is 0 Å². The van der Waals surface area contributed by atoms with E-state index in [-0.39, 0.29) is 12.8 Å². The van der Waals surface area contributed by atoms with Gasteiger partial charge in [0.1, 0.15) is 36.6 Å². The van der Waals surface area contributed by atoms with Crippen molar-refractivity contribution in [1.82, 2.24) is 5.32 Å². The van der Waals surface area contributed by atoms with Crippen LogP contribution in [0.4, 0.5) is 0 Å². The molecule has 0 aliphatic carbocycles. The Labute approximate surface area is 493 Å². The molecule has 1 aliphatic rings. The number of amides is 1. The van der Waals surface area contributed by atoms with Gasteiger partial charge >= 0.3 is 0 Å². The SMILES string of the molecule is CCCCCCCCCCCCCCCCCCCC/C=C/CCCC(O)C(O)C(COC1OC(CO)C(O)C(O)C1O)NC(=O)C(O)CCCCCCCCCCCCCCCCCCCCCCCCCCCCCCCC. The lowest BCUT2D eigenvalue weighted by Crippen LogP contribution is -2.60. The average Bonchev–Trinajstić information content (AvgIpc) is 3.47. The standard InChI is InChI=1S/C69H135NO10/c1-3-5-7-9-11-13-15-17-19-21-23-25-27-28-29-30-31-32-33-35-37-39-41-43-45-47-49-51-53-55-57-62(73)68(78)70-60(59-79-69-67(77)66(76)65(75)63(58-71)80-69)64(74)61(72)56-54-52-50-48-46-44-42-40-38-36-34-26-24-22-20-18-16-14-12-10-8-6-4-2/h48,50,60-67,69,71-77H,3-47,49,51-59H2,1-2H3,(H,70,78)/b50-48+. The number of allylic oxidation sites excluding steroid dienone is 2. The average molecular weight is 1140 g/mol. The Morgan fingerprint density at radius 3 is 1.07 bits per heavy atom. The number of nitrogens with one attached hydrogen (secondary N) is 1. The third kappa shape index (κ3) is 45.2. The largest absolute Gasteiger partial charge is 0.394 e. The maximum Gasteiger partial charge on any atom is 0.249 e. The van der Waals surface area contributed by atoms with Gasteiger partial charge in [0, 0.05) is 0 Å². The minimum atomic E-state index is -1.67. The molecule has 0 radical (unpaired) electrons. The summed E-state index contributed by atoms with van der Waals surface area (Å²) in [6.45, 7) is 3.51. The fourth-order valence-corrected chi connectivity index (χ4v) is 11.7. The lowest BCUT2D eigenvalue weighted by Gasteiger charge is -2.40. The molecule has 9 atom stereocenters. The summed E-state index contributed by atoms with van der Waals surface area (Å²) >= 11 is 0. The van der Waals surface area contributed by atoms with Gasteiger partial charge < -0.3 is 50.5 Å². The Bertz CT molecular complexity index is 1310. The van der Waals surface area contributed by atoms with Gasteiger partial charge in [-0.05, 0) is 38.5 Å². The first-order valence-electron chi connectivity index (χ1n) is 35.1. The summed E-state index contributed by atoms with van der Waals surface area (Å²) < 4.78 is 11.2. The minimum Gasteiger partial charge on any atom is -0.394 e. The van der Waals surface area contributed by atoms with E-state index < -0.39 is 74.2 Å². The predicted molar refractivity (Wildman–Crippen MR) is 335 cm³/mol. The van der Waals surface area contributed by atoms with Crippen molar-refractivity contribution in [2.45, 2.75) is 409 Å². The van der Waals surface area contributed by atoms with Crippen LogP contribution in [-0.2, 0) is 14.3 Å². The van der Waals surface area contributed by atoms with Crippen LogP contribution >= 0.6 is 0 Å². The Kier molecular flexibility index (Phi) is 56.0. The van der Waals surface area contributed by atoms with E-state index in [1.807, 2.05) is 0 Å². The quantitative estimate of drug-likeness (QED) is 0.0215. The van der Waals surface area contributed by atoms with Crippen LogP contribution in [0.25, 0.3) is 0 Å². The molecule has 0 aromatic rings. The van der Waals surface area contributed by atoms with E-state index in [1.54, 1.807) is 0 Å². The number of ether oxygens (including phenoxy) is 2. The topological polar surface area (TPSA) is 189 Å². The fourth-order valence-electron chi connectivity index (χ4n) is 11.7. The number of carbonyl (C=O) groups excluding carboxylic acids is 1. The van der Waals surface area contributed by atoms with Crippen LogP contribution < -0.4 is 5.32 Å². The van der Waals surface area contributed by atoms with Gasteiger partial charge in [0.05, 0.1) is 25.4 Å². The third-order valence-corrected chi connectivity index (χ3v) is 17.3. The van der Waals surface area contributed by atoms with Crippen LogP contribution in [0.1, 0.15) is 354 Å². The monoisotopic (exact) mass is 1140 g/mol. The minimum absolute atomic E-state index is 0.260. The summed E-state index contributed by atoms with van der Waals surface area (Å²) in [5.41, 5.74) is 0. The van der Waals surface area contributed by atoms with E-state index in [0.717, 1.165) is 38.5 Å². The first-order valence-corrected chi connectivity index (χ1v) is 35.1. The van der Waals surface area contributed by atoms with E-state index in [4.69, 9.17) is 9.47 Å². The fraction of sp³-hybridized carbons (Fsp3) is 0.957. The second-order valence-electron chi connectivity index (χ2n) is 25.0. The molecule has 0 aromatic carbocycles. The number of unbranched alkanes of at least 4 members (excludes halogenated alkanes) is 48. The number of aliphatic hydroxyl groups is 7. The molecule has 1 amide bonds. The van der Waals surface area contributed by atoms with Crippen molar-refractivity contribution < 1.29 is 50.0 Å². The zero-order valence-corrected chi connectivity index (χ0v) is 52.6. The third-order valence-electron chi connectivity index (χ3n) is 17.3. The molecule has 0 saturated carbocycles. The van der Waals surface area contributed by atoms with Crippen molar-refractivity contribution in [3.05, 3.63) is 12.2 Å². The number of carbonyl (C=O) groups is 1. The summed E-state index contributed by atoms with van der Waals surface area (Å²) in [7, 11) is 0. The maximum atomic E-state index is 13.2. The lowest BCUT2D eigenvalue weighted by atomic mass is 9.98.